The molecule has 0 bridgehead atoms. The largest absolute Gasteiger partial charge is 0.436 e. The molecule has 2 aromatic heterocycles. The van der Waals surface area contributed by atoms with E-state index in [-0.39, 0.29) is 5.91 Å². The molecule has 1 amide bonds. The van der Waals surface area contributed by atoms with Gasteiger partial charge in [0.25, 0.3) is 5.91 Å². The zero-order valence-corrected chi connectivity index (χ0v) is 17.0. The van der Waals surface area contributed by atoms with Crippen molar-refractivity contribution in [2.75, 3.05) is 31.1 Å². The van der Waals surface area contributed by atoms with Crippen molar-refractivity contribution < 1.29 is 9.21 Å². The molecule has 7 nitrogen and oxygen atoms in total. The highest BCUT2D eigenvalue weighted by atomic mass is 16.4. The Kier molecular flexibility index (Phi) is 5.33. The third-order valence-corrected chi connectivity index (χ3v) is 6.20. The van der Waals surface area contributed by atoms with Crippen LogP contribution >= 0.6 is 0 Å². The van der Waals surface area contributed by atoms with Gasteiger partial charge in [0, 0.05) is 39.3 Å². The molecule has 0 aliphatic carbocycles. The third-order valence-electron chi connectivity index (χ3n) is 6.20. The molecule has 0 aromatic carbocycles. The normalized spacial score (nSPS) is 19.2. The second-order valence-electron chi connectivity index (χ2n) is 8.12. The number of aryl methyl sites for hydroxylation is 3. The van der Waals surface area contributed by atoms with Crippen LogP contribution in [0.2, 0.25) is 0 Å². The fraction of sp³-hybridized carbons (Fsp3) is 0.619. The molecule has 0 saturated carbocycles. The Morgan fingerprint density at radius 3 is 2.18 bits per heavy atom. The summed E-state index contributed by atoms with van der Waals surface area (Å²) in [6.45, 7) is 9.31. The third kappa shape index (κ3) is 3.88. The van der Waals surface area contributed by atoms with Crippen LogP contribution in [0.3, 0.4) is 0 Å². The number of aromatic nitrogens is 3. The van der Waals surface area contributed by atoms with Gasteiger partial charge in [-0.3, -0.25) is 9.78 Å². The lowest BCUT2D eigenvalue weighted by atomic mass is 9.79. The van der Waals surface area contributed by atoms with Gasteiger partial charge in [-0.25, -0.2) is 9.97 Å². The van der Waals surface area contributed by atoms with Crippen molar-refractivity contribution in [3.05, 3.63) is 35.4 Å². The Bertz CT molecular complexity index is 833. The van der Waals surface area contributed by atoms with Gasteiger partial charge in [0.15, 0.2) is 5.89 Å². The lowest BCUT2D eigenvalue weighted by Gasteiger charge is -2.40. The zero-order chi connectivity index (χ0) is 19.7. The quantitative estimate of drug-likeness (QED) is 0.810. The minimum absolute atomic E-state index is 0.00982. The number of hydrogen-bond donors (Lipinski definition) is 0. The highest BCUT2D eigenvalue weighted by Gasteiger charge is 2.32. The first-order chi connectivity index (χ1) is 13.5. The molecule has 2 aliphatic heterocycles. The molecule has 4 heterocycles. The highest BCUT2D eigenvalue weighted by Crippen LogP contribution is 2.34. The van der Waals surface area contributed by atoms with Crippen molar-refractivity contribution >= 4 is 11.7 Å². The summed E-state index contributed by atoms with van der Waals surface area (Å²) in [4.78, 5) is 30.1. The van der Waals surface area contributed by atoms with E-state index < -0.39 is 0 Å². The minimum atomic E-state index is -0.00982. The van der Waals surface area contributed by atoms with Crippen LogP contribution in [0, 0.1) is 32.6 Å². The van der Waals surface area contributed by atoms with Crippen molar-refractivity contribution in [2.45, 2.75) is 46.5 Å². The number of carbonyl (C=O) groups excluding carboxylic acids is 1. The van der Waals surface area contributed by atoms with E-state index in [0.717, 1.165) is 56.5 Å². The molecule has 2 aliphatic rings. The second-order valence-corrected chi connectivity index (χ2v) is 8.12. The second kappa shape index (κ2) is 7.89. The van der Waals surface area contributed by atoms with Crippen molar-refractivity contribution in [1.29, 1.82) is 0 Å². The lowest BCUT2D eigenvalue weighted by molar-refractivity contribution is 0.0612. The summed E-state index contributed by atoms with van der Waals surface area (Å²) in [7, 11) is 0. The number of nitrogens with zero attached hydrogens (tertiary/aromatic N) is 5. The Balaban J connectivity index is 1.29. The van der Waals surface area contributed by atoms with E-state index in [1.807, 2.05) is 24.9 Å². The van der Waals surface area contributed by atoms with Gasteiger partial charge in [-0.2, -0.15) is 0 Å². The van der Waals surface area contributed by atoms with Crippen LogP contribution in [-0.2, 0) is 0 Å². The number of likely N-dealkylation sites (tertiary alicyclic amines) is 1. The number of anilines is 1. The van der Waals surface area contributed by atoms with Gasteiger partial charge in [0.05, 0.1) is 17.6 Å². The Hall–Kier alpha value is -2.44. The van der Waals surface area contributed by atoms with Crippen LogP contribution < -0.4 is 4.90 Å². The molecule has 7 heteroatoms. The molecule has 2 fully saturated rings. The Morgan fingerprint density at radius 2 is 1.61 bits per heavy atom. The first kappa shape index (κ1) is 18.9. The molecule has 0 radical (unpaired) electrons. The van der Waals surface area contributed by atoms with Gasteiger partial charge in [-0.15, -0.1) is 0 Å². The summed E-state index contributed by atoms with van der Waals surface area (Å²) in [5.41, 5.74) is 1.66. The SMILES string of the molecule is Cc1cncc(N2CCC(C3CCN(C(=O)c4oc(C)nc4C)CC3)CC2)n1. The van der Waals surface area contributed by atoms with E-state index in [9.17, 15) is 4.79 Å². The van der Waals surface area contributed by atoms with Crippen molar-refractivity contribution in [2.24, 2.45) is 11.8 Å². The summed E-state index contributed by atoms with van der Waals surface area (Å²) >= 11 is 0. The van der Waals surface area contributed by atoms with Gasteiger partial charge in [-0.1, -0.05) is 0 Å². The van der Waals surface area contributed by atoms with E-state index in [0.29, 0.717) is 23.3 Å². The summed E-state index contributed by atoms with van der Waals surface area (Å²) in [6.07, 6.45) is 8.19. The smallest absolute Gasteiger partial charge is 0.291 e. The molecule has 2 saturated heterocycles. The first-order valence-corrected chi connectivity index (χ1v) is 10.3. The van der Waals surface area contributed by atoms with Gasteiger partial charge in [0.2, 0.25) is 5.76 Å². The number of rotatable bonds is 3. The molecule has 150 valence electrons. The van der Waals surface area contributed by atoms with E-state index >= 15 is 0 Å². The van der Waals surface area contributed by atoms with Crippen molar-refractivity contribution in [1.82, 2.24) is 19.9 Å². The molecular formula is C21H29N5O2. The fourth-order valence-corrected chi connectivity index (χ4v) is 4.65. The molecule has 28 heavy (non-hydrogen) atoms. The molecule has 2 aromatic rings. The summed E-state index contributed by atoms with van der Waals surface area (Å²) in [5.74, 6) is 3.39. The molecular weight excluding hydrogens is 354 g/mol. The molecule has 0 N–H and O–H groups in total. The van der Waals surface area contributed by atoms with Crippen LogP contribution in [0.4, 0.5) is 5.82 Å². The monoisotopic (exact) mass is 383 g/mol. The van der Waals surface area contributed by atoms with Crippen LogP contribution in [0.1, 0.15) is 53.5 Å². The first-order valence-electron chi connectivity index (χ1n) is 10.3. The average molecular weight is 383 g/mol. The Morgan fingerprint density at radius 1 is 0.964 bits per heavy atom. The number of hydrogen-bond acceptors (Lipinski definition) is 6. The minimum Gasteiger partial charge on any atom is -0.436 e. The maximum atomic E-state index is 12.7. The van der Waals surface area contributed by atoms with E-state index in [4.69, 9.17) is 4.42 Å². The number of piperidine rings is 2. The zero-order valence-electron chi connectivity index (χ0n) is 17.0. The van der Waals surface area contributed by atoms with Gasteiger partial charge < -0.3 is 14.2 Å². The van der Waals surface area contributed by atoms with E-state index in [2.05, 4.69) is 19.9 Å². The average Bonchev–Trinajstić information content (AvgIpc) is 3.06. The van der Waals surface area contributed by atoms with Crippen molar-refractivity contribution in [3.8, 4) is 0 Å². The van der Waals surface area contributed by atoms with E-state index in [1.54, 1.807) is 13.1 Å². The number of oxazole rings is 1. The summed E-state index contributed by atoms with van der Waals surface area (Å²) < 4.78 is 5.52. The predicted molar refractivity (Wildman–Crippen MR) is 106 cm³/mol. The van der Waals surface area contributed by atoms with Crippen LogP contribution in [-0.4, -0.2) is 51.9 Å². The predicted octanol–water partition coefficient (Wildman–Crippen LogP) is 3.16. The van der Waals surface area contributed by atoms with Crippen LogP contribution in [0.5, 0.6) is 0 Å². The van der Waals surface area contributed by atoms with Crippen LogP contribution in [0.15, 0.2) is 16.8 Å². The molecule has 0 atom stereocenters. The number of amides is 1. The van der Waals surface area contributed by atoms with Crippen molar-refractivity contribution in [3.63, 3.8) is 0 Å². The molecule has 0 spiro atoms. The standard InChI is InChI=1S/C21H29N5O2/c1-14-12-22-13-19(23-14)25-8-4-17(5-9-25)18-6-10-26(11-7-18)21(27)20-15(2)24-16(3)28-20/h12-13,17-18H,4-11H2,1-3H3. The summed E-state index contributed by atoms with van der Waals surface area (Å²) in [5, 5.41) is 0. The molecule has 4 rings (SSSR count). The van der Waals surface area contributed by atoms with Gasteiger partial charge in [0.1, 0.15) is 5.82 Å². The highest BCUT2D eigenvalue weighted by molar-refractivity contribution is 5.92. The topological polar surface area (TPSA) is 75.4 Å². The Labute approximate surface area is 166 Å². The van der Waals surface area contributed by atoms with Gasteiger partial charge >= 0.3 is 0 Å². The summed E-state index contributed by atoms with van der Waals surface area (Å²) in [6, 6.07) is 0. The fourth-order valence-electron chi connectivity index (χ4n) is 4.65. The van der Waals surface area contributed by atoms with Gasteiger partial charge in [-0.05, 0) is 51.4 Å². The maximum Gasteiger partial charge on any atom is 0.291 e. The lowest BCUT2D eigenvalue weighted by Crippen LogP contribution is -2.43. The van der Waals surface area contributed by atoms with E-state index in [1.165, 1.54) is 12.8 Å². The maximum absolute atomic E-state index is 12.7. The molecule has 0 unspecified atom stereocenters. The number of carbonyl (C=O) groups is 1. The van der Waals surface area contributed by atoms with Crippen LogP contribution in [0.25, 0.3) is 0 Å².